The van der Waals surface area contributed by atoms with Crippen LogP contribution in [0.1, 0.15) is 35.7 Å². The molecule has 0 unspecified atom stereocenters. The van der Waals surface area contributed by atoms with Crippen LogP contribution < -0.4 is 5.32 Å². The van der Waals surface area contributed by atoms with Crippen molar-refractivity contribution >= 4 is 0 Å². The minimum atomic E-state index is 0.630. The van der Waals surface area contributed by atoms with Gasteiger partial charge in [-0.25, -0.2) is 4.98 Å². The fourth-order valence-corrected chi connectivity index (χ4v) is 2.56. The second-order valence-electron chi connectivity index (χ2n) is 5.23. The van der Waals surface area contributed by atoms with Gasteiger partial charge in [-0.15, -0.1) is 0 Å². The average molecular weight is 240 g/mol. The largest absolute Gasteiger partial charge is 0.312 e. The van der Waals surface area contributed by atoms with Crippen molar-refractivity contribution in [1.82, 2.24) is 20.5 Å². The van der Waals surface area contributed by atoms with Gasteiger partial charge in [-0.05, 0) is 43.0 Å². The molecule has 4 rings (SSSR count). The molecule has 0 spiro atoms. The molecule has 2 aromatic rings. The number of hydrogen-bond donors (Lipinski definition) is 2. The van der Waals surface area contributed by atoms with Gasteiger partial charge in [0.05, 0.1) is 0 Å². The molecule has 2 aliphatic rings. The Balaban J connectivity index is 1.70. The zero-order valence-electron chi connectivity index (χ0n) is 10.2. The highest BCUT2D eigenvalue weighted by Crippen LogP contribution is 2.38. The first-order valence-corrected chi connectivity index (χ1v) is 6.65. The van der Waals surface area contributed by atoms with E-state index in [1.54, 1.807) is 0 Å². The molecular weight excluding hydrogens is 224 g/mol. The Morgan fingerprint density at radius 3 is 3.00 bits per heavy atom. The van der Waals surface area contributed by atoms with Crippen LogP contribution in [0.2, 0.25) is 0 Å². The van der Waals surface area contributed by atoms with E-state index in [-0.39, 0.29) is 0 Å². The molecule has 1 aliphatic carbocycles. The van der Waals surface area contributed by atoms with Gasteiger partial charge in [0.2, 0.25) is 0 Å². The van der Waals surface area contributed by atoms with Gasteiger partial charge in [0.15, 0.2) is 5.82 Å². The van der Waals surface area contributed by atoms with E-state index in [0.29, 0.717) is 5.92 Å². The Kier molecular flexibility index (Phi) is 2.23. The van der Waals surface area contributed by atoms with E-state index < -0.39 is 0 Å². The number of aromatic nitrogens is 3. The van der Waals surface area contributed by atoms with Crippen LogP contribution in [-0.4, -0.2) is 21.7 Å². The van der Waals surface area contributed by atoms with Crippen LogP contribution in [0.15, 0.2) is 18.2 Å². The van der Waals surface area contributed by atoms with Crippen molar-refractivity contribution in [1.29, 1.82) is 0 Å². The van der Waals surface area contributed by atoms with Crippen molar-refractivity contribution in [2.75, 3.05) is 6.54 Å². The number of nitrogens with one attached hydrogen (secondary N) is 2. The second kappa shape index (κ2) is 3.92. The average Bonchev–Trinajstić information content (AvgIpc) is 3.16. The lowest BCUT2D eigenvalue weighted by atomic mass is 9.98. The molecule has 1 saturated carbocycles. The Morgan fingerprint density at radius 1 is 1.17 bits per heavy atom. The molecule has 18 heavy (non-hydrogen) atoms. The van der Waals surface area contributed by atoms with Crippen molar-refractivity contribution in [2.24, 2.45) is 0 Å². The Bertz CT molecular complexity index is 583. The summed E-state index contributed by atoms with van der Waals surface area (Å²) >= 11 is 0. The molecule has 1 aromatic carbocycles. The molecule has 0 atom stereocenters. The highest BCUT2D eigenvalue weighted by Gasteiger charge is 2.27. The summed E-state index contributed by atoms with van der Waals surface area (Å²) in [6, 6.07) is 6.59. The Labute approximate surface area is 106 Å². The minimum absolute atomic E-state index is 0.630. The maximum absolute atomic E-state index is 4.60. The number of fused-ring (bicyclic) bond motifs is 1. The molecule has 1 fully saturated rings. The first-order valence-electron chi connectivity index (χ1n) is 6.65. The number of rotatable bonds is 2. The molecule has 4 heteroatoms. The normalized spacial score (nSPS) is 18.7. The third kappa shape index (κ3) is 1.73. The van der Waals surface area contributed by atoms with Crippen molar-refractivity contribution in [2.45, 2.75) is 31.7 Å². The maximum atomic E-state index is 4.60. The third-order valence-electron chi connectivity index (χ3n) is 3.82. The number of aromatic amines is 1. The zero-order valence-corrected chi connectivity index (χ0v) is 10.2. The van der Waals surface area contributed by atoms with Crippen molar-refractivity contribution in [3.05, 3.63) is 35.2 Å². The lowest BCUT2D eigenvalue weighted by molar-refractivity contribution is 0.644. The van der Waals surface area contributed by atoms with E-state index in [1.165, 1.54) is 24.0 Å². The van der Waals surface area contributed by atoms with Crippen molar-refractivity contribution in [3.8, 4) is 11.4 Å². The van der Waals surface area contributed by atoms with Crippen molar-refractivity contribution < 1.29 is 0 Å². The molecule has 0 saturated heterocycles. The molecule has 1 aromatic heterocycles. The van der Waals surface area contributed by atoms with Crippen LogP contribution in [0.5, 0.6) is 0 Å². The van der Waals surface area contributed by atoms with Gasteiger partial charge in [-0.3, -0.25) is 5.10 Å². The first-order chi connectivity index (χ1) is 8.90. The van der Waals surface area contributed by atoms with Gasteiger partial charge in [-0.1, -0.05) is 12.1 Å². The summed E-state index contributed by atoms with van der Waals surface area (Å²) in [5.41, 5.74) is 3.97. The maximum Gasteiger partial charge on any atom is 0.181 e. The fourth-order valence-electron chi connectivity index (χ4n) is 2.56. The van der Waals surface area contributed by atoms with Crippen LogP contribution in [0.3, 0.4) is 0 Å². The predicted molar refractivity (Wildman–Crippen MR) is 69.2 cm³/mol. The molecule has 1 aliphatic heterocycles. The highest BCUT2D eigenvalue weighted by atomic mass is 15.2. The lowest BCUT2D eigenvalue weighted by Crippen LogP contribution is -2.23. The smallest absolute Gasteiger partial charge is 0.181 e. The van der Waals surface area contributed by atoms with Gasteiger partial charge in [-0.2, -0.15) is 5.10 Å². The lowest BCUT2D eigenvalue weighted by Gasteiger charge is -2.17. The summed E-state index contributed by atoms with van der Waals surface area (Å²) in [7, 11) is 0. The fraction of sp³-hybridized carbons (Fsp3) is 0.429. The van der Waals surface area contributed by atoms with Crippen LogP contribution in [0.25, 0.3) is 11.4 Å². The second-order valence-corrected chi connectivity index (χ2v) is 5.23. The summed E-state index contributed by atoms with van der Waals surface area (Å²) in [6.45, 7) is 2.04. The number of nitrogens with zero attached hydrogens (tertiary/aromatic N) is 2. The topological polar surface area (TPSA) is 53.6 Å². The van der Waals surface area contributed by atoms with Crippen molar-refractivity contribution in [3.63, 3.8) is 0 Å². The summed E-state index contributed by atoms with van der Waals surface area (Å²) in [6.07, 6.45) is 3.63. The molecule has 92 valence electrons. The molecule has 0 radical (unpaired) electrons. The summed E-state index contributed by atoms with van der Waals surface area (Å²) < 4.78 is 0. The van der Waals surface area contributed by atoms with Gasteiger partial charge in [0.25, 0.3) is 0 Å². The van der Waals surface area contributed by atoms with E-state index >= 15 is 0 Å². The molecular formula is C14H16N4. The summed E-state index contributed by atoms with van der Waals surface area (Å²) in [5, 5.41) is 10.8. The van der Waals surface area contributed by atoms with Gasteiger partial charge in [0, 0.05) is 18.0 Å². The van der Waals surface area contributed by atoms with Gasteiger partial charge in [0.1, 0.15) is 5.82 Å². The summed E-state index contributed by atoms with van der Waals surface area (Å²) in [5.74, 6) is 2.52. The van der Waals surface area contributed by atoms with E-state index in [2.05, 4.69) is 38.7 Å². The zero-order chi connectivity index (χ0) is 11.9. The Hall–Kier alpha value is -1.68. The van der Waals surface area contributed by atoms with Gasteiger partial charge >= 0.3 is 0 Å². The Morgan fingerprint density at radius 2 is 2.11 bits per heavy atom. The van der Waals surface area contributed by atoms with Crippen LogP contribution in [-0.2, 0) is 13.0 Å². The minimum Gasteiger partial charge on any atom is -0.312 e. The quantitative estimate of drug-likeness (QED) is 0.844. The molecule has 0 amide bonds. The standard InChI is InChI=1S/C14H16N4/c1-4-11(7-12-8-15-6-5-9(1)12)14-16-13(17-18-14)10-2-3-10/h1,4,7,10,15H,2-3,5-6,8H2,(H,16,17,18). The van der Waals surface area contributed by atoms with Crippen LogP contribution in [0.4, 0.5) is 0 Å². The van der Waals surface area contributed by atoms with Crippen LogP contribution in [0, 0.1) is 0 Å². The SMILES string of the molecule is c1cc2c(cc1-c1n[nH]c(C3CC3)n1)CNCC2. The predicted octanol–water partition coefficient (Wildman–Crippen LogP) is 1.99. The molecule has 2 heterocycles. The number of hydrogen-bond acceptors (Lipinski definition) is 3. The third-order valence-corrected chi connectivity index (χ3v) is 3.82. The van der Waals surface area contributed by atoms with Crippen LogP contribution >= 0.6 is 0 Å². The molecule has 4 nitrogen and oxygen atoms in total. The van der Waals surface area contributed by atoms with E-state index in [0.717, 1.165) is 36.7 Å². The molecule has 0 bridgehead atoms. The van der Waals surface area contributed by atoms with E-state index in [1.807, 2.05) is 0 Å². The monoisotopic (exact) mass is 240 g/mol. The summed E-state index contributed by atoms with van der Waals surface area (Å²) in [4.78, 5) is 4.60. The van der Waals surface area contributed by atoms with Gasteiger partial charge < -0.3 is 5.32 Å². The number of benzene rings is 1. The van der Waals surface area contributed by atoms with E-state index in [4.69, 9.17) is 0 Å². The van der Waals surface area contributed by atoms with E-state index in [9.17, 15) is 0 Å². The first kappa shape index (κ1) is 10.3. The molecule has 2 N–H and O–H groups in total. The highest BCUT2D eigenvalue weighted by molar-refractivity contribution is 5.57. The number of H-pyrrole nitrogens is 1.